The van der Waals surface area contributed by atoms with Crippen LogP contribution in [0.3, 0.4) is 0 Å². The van der Waals surface area contributed by atoms with Crippen LogP contribution < -0.4 is 15.5 Å². The zero-order chi connectivity index (χ0) is 20.6. The highest BCUT2D eigenvalue weighted by Crippen LogP contribution is 2.55. The van der Waals surface area contributed by atoms with Gasteiger partial charge in [-0.15, -0.1) is 10.2 Å². The molecule has 0 aliphatic heterocycles. The van der Waals surface area contributed by atoms with Gasteiger partial charge in [0.1, 0.15) is 0 Å². The summed E-state index contributed by atoms with van der Waals surface area (Å²) in [6.45, 7) is 2.07. The molecule has 1 heterocycles. The lowest BCUT2D eigenvalue weighted by molar-refractivity contribution is -0.894. The third kappa shape index (κ3) is 4.60. The number of amides is 3. The fourth-order valence-corrected chi connectivity index (χ4v) is 6.64. The van der Waals surface area contributed by atoms with E-state index in [2.05, 4.69) is 27.8 Å². The molecule has 4 saturated carbocycles. The first kappa shape index (κ1) is 20.7. The van der Waals surface area contributed by atoms with Crippen LogP contribution in [0, 0.1) is 17.8 Å². The van der Waals surface area contributed by atoms with Crippen LogP contribution in [0.25, 0.3) is 0 Å². The van der Waals surface area contributed by atoms with Crippen LogP contribution in [-0.4, -0.2) is 47.5 Å². The Balaban J connectivity index is 1.25. The van der Waals surface area contributed by atoms with Gasteiger partial charge in [-0.2, -0.15) is 0 Å². The highest BCUT2D eigenvalue weighted by atomic mass is 32.2. The number of hydrogen-bond acceptors (Lipinski definition) is 6. The van der Waals surface area contributed by atoms with E-state index in [1.807, 2.05) is 14.1 Å². The zero-order valence-electron chi connectivity index (χ0n) is 17.5. The summed E-state index contributed by atoms with van der Waals surface area (Å²) in [5, 5.41) is 14.1. The number of thioether (sulfide) groups is 1. The Labute approximate surface area is 175 Å². The summed E-state index contributed by atoms with van der Waals surface area (Å²) >= 11 is 1.16. The van der Waals surface area contributed by atoms with Crippen LogP contribution in [0.4, 0.5) is 4.79 Å². The molecule has 9 heteroatoms. The van der Waals surface area contributed by atoms with E-state index in [0.29, 0.717) is 11.1 Å². The molecule has 1 aromatic heterocycles. The lowest BCUT2D eigenvalue weighted by Crippen LogP contribution is -3.06. The molecule has 5 rings (SSSR count). The van der Waals surface area contributed by atoms with E-state index in [0.717, 1.165) is 55.2 Å². The minimum absolute atomic E-state index is 0.0710. The number of quaternary nitrogens is 1. The maximum Gasteiger partial charge on any atom is 0.321 e. The molecule has 0 spiro atoms. The topological polar surface area (TPSA) is 102 Å². The summed E-state index contributed by atoms with van der Waals surface area (Å²) < 4.78 is 5.68. The van der Waals surface area contributed by atoms with Crippen molar-refractivity contribution < 1.29 is 18.9 Å². The largest absolute Gasteiger partial charge is 0.410 e. The minimum Gasteiger partial charge on any atom is -0.410 e. The molecule has 4 bridgehead atoms. The van der Waals surface area contributed by atoms with Gasteiger partial charge in [-0.25, -0.2) is 4.79 Å². The molecule has 0 aromatic carbocycles. The van der Waals surface area contributed by atoms with Gasteiger partial charge >= 0.3 is 6.03 Å². The summed E-state index contributed by atoms with van der Waals surface area (Å²) in [6, 6.07) is -0.234. The van der Waals surface area contributed by atoms with E-state index in [9.17, 15) is 9.59 Å². The fourth-order valence-electron chi connectivity index (χ4n) is 6.08. The Morgan fingerprint density at radius 1 is 1.17 bits per heavy atom. The number of aromatic nitrogens is 2. The highest BCUT2D eigenvalue weighted by Gasteiger charge is 2.51. The Morgan fingerprint density at radius 2 is 1.79 bits per heavy atom. The van der Waals surface area contributed by atoms with Crippen molar-refractivity contribution in [1.29, 1.82) is 0 Å². The summed E-state index contributed by atoms with van der Waals surface area (Å²) in [6.07, 6.45) is 8.03. The lowest BCUT2D eigenvalue weighted by atomic mass is 9.53. The average molecular weight is 423 g/mol. The third-order valence-corrected chi connectivity index (χ3v) is 7.64. The maximum atomic E-state index is 12.5. The number of urea groups is 1. The Hall–Kier alpha value is -1.61. The number of nitrogens with one attached hydrogen (secondary N) is 3. The van der Waals surface area contributed by atoms with Gasteiger partial charge in [-0.05, 0) is 56.3 Å². The molecule has 0 saturated heterocycles. The number of imide groups is 1. The van der Waals surface area contributed by atoms with Crippen LogP contribution in [0.2, 0.25) is 0 Å². The van der Waals surface area contributed by atoms with E-state index < -0.39 is 0 Å². The molecule has 160 valence electrons. The van der Waals surface area contributed by atoms with Gasteiger partial charge in [0.25, 0.3) is 11.1 Å². The number of nitrogens with zero attached hydrogens (tertiary/aromatic N) is 2. The molecule has 3 amide bonds. The average Bonchev–Trinajstić information content (AvgIpc) is 3.07. The van der Waals surface area contributed by atoms with Crippen LogP contribution in [0.15, 0.2) is 9.64 Å². The highest BCUT2D eigenvalue weighted by molar-refractivity contribution is 7.99. The summed E-state index contributed by atoms with van der Waals surface area (Å²) in [7, 11) is 4.09. The first-order valence-corrected chi connectivity index (χ1v) is 11.7. The maximum absolute atomic E-state index is 12.5. The van der Waals surface area contributed by atoms with E-state index in [1.165, 1.54) is 24.2 Å². The van der Waals surface area contributed by atoms with Gasteiger partial charge in [-0.3, -0.25) is 10.1 Å². The van der Waals surface area contributed by atoms with Gasteiger partial charge in [-0.1, -0.05) is 18.7 Å². The number of hydrogen-bond donors (Lipinski definition) is 3. The van der Waals surface area contributed by atoms with E-state index in [1.54, 1.807) is 0 Å². The molecule has 4 aliphatic carbocycles. The predicted molar refractivity (Wildman–Crippen MR) is 108 cm³/mol. The molecule has 1 atom stereocenters. The summed E-state index contributed by atoms with van der Waals surface area (Å²) in [5.41, 5.74) is -0.0999. The van der Waals surface area contributed by atoms with Crippen molar-refractivity contribution in [2.75, 3.05) is 19.8 Å². The zero-order valence-corrected chi connectivity index (χ0v) is 18.3. The van der Waals surface area contributed by atoms with Crippen molar-refractivity contribution in [3.8, 4) is 0 Å². The van der Waals surface area contributed by atoms with Crippen molar-refractivity contribution in [2.24, 2.45) is 17.8 Å². The molecule has 1 aromatic rings. The van der Waals surface area contributed by atoms with Crippen LogP contribution in [-0.2, 0) is 4.79 Å². The molecular formula is C20H32N5O3S+. The van der Waals surface area contributed by atoms with Gasteiger partial charge in [0.15, 0.2) is 6.04 Å². The molecule has 0 unspecified atom stereocenters. The summed E-state index contributed by atoms with van der Waals surface area (Å²) in [4.78, 5) is 25.9. The van der Waals surface area contributed by atoms with Gasteiger partial charge in [0.2, 0.25) is 5.91 Å². The number of carbonyl (C=O) groups excluding carboxylic acids is 2. The number of rotatable bonds is 7. The molecule has 4 aliphatic rings. The monoisotopic (exact) mass is 422 g/mol. The fraction of sp³-hybridized carbons (Fsp3) is 0.800. The molecule has 3 N–H and O–H groups in total. The van der Waals surface area contributed by atoms with E-state index >= 15 is 0 Å². The van der Waals surface area contributed by atoms with Gasteiger partial charge in [0, 0.05) is 12.0 Å². The second-order valence-electron chi connectivity index (χ2n) is 9.43. The standard InChI is InChI=1S/C20H31N5O3S/c1-4-15(25(2)3)17-23-24-19(28-17)29-11-16(26)21-18(27)22-20-8-12-5-13(9-20)7-14(6-12)10-20/h12-15H,4-11H2,1-3H3,(H2,21,22,26,27)/p+1/t12?,13?,14?,15-,20?/m0/s1. The normalized spacial score (nSPS) is 31.1. The minimum atomic E-state index is -0.369. The van der Waals surface area contributed by atoms with Crippen LogP contribution in [0.1, 0.15) is 63.8 Å². The number of carbonyl (C=O) groups is 2. The second-order valence-corrected chi connectivity index (χ2v) is 10.4. The van der Waals surface area contributed by atoms with Crippen molar-refractivity contribution in [1.82, 2.24) is 20.8 Å². The first-order valence-electron chi connectivity index (χ1n) is 10.7. The van der Waals surface area contributed by atoms with Crippen LogP contribution in [0.5, 0.6) is 0 Å². The molecular weight excluding hydrogens is 390 g/mol. The quantitative estimate of drug-likeness (QED) is 0.577. The molecule has 8 nitrogen and oxygen atoms in total. The Morgan fingerprint density at radius 3 is 2.34 bits per heavy atom. The van der Waals surface area contributed by atoms with Crippen molar-refractivity contribution in [2.45, 2.75) is 68.7 Å². The molecule has 0 radical (unpaired) electrons. The Kier molecular flexibility index (Phi) is 5.88. The van der Waals surface area contributed by atoms with Gasteiger partial charge < -0.3 is 14.6 Å². The van der Waals surface area contributed by atoms with E-state index in [4.69, 9.17) is 4.42 Å². The first-order chi connectivity index (χ1) is 13.9. The lowest BCUT2D eigenvalue weighted by Gasteiger charge is -2.56. The predicted octanol–water partition coefficient (Wildman–Crippen LogP) is 1.55. The van der Waals surface area contributed by atoms with Crippen molar-refractivity contribution >= 4 is 23.7 Å². The SMILES string of the molecule is CC[C@@H](c1nnc(SCC(=O)NC(=O)NC23CC4CC(CC(C4)C2)C3)o1)[NH+](C)C. The van der Waals surface area contributed by atoms with Crippen LogP contribution >= 0.6 is 11.8 Å². The van der Waals surface area contributed by atoms with Gasteiger partial charge in [0.05, 0.1) is 19.8 Å². The molecule has 29 heavy (non-hydrogen) atoms. The van der Waals surface area contributed by atoms with Crippen molar-refractivity contribution in [3.63, 3.8) is 0 Å². The second kappa shape index (κ2) is 8.26. The summed E-state index contributed by atoms with van der Waals surface area (Å²) in [5.74, 6) is 2.54. The van der Waals surface area contributed by atoms with Crippen molar-refractivity contribution in [3.05, 3.63) is 5.89 Å². The Bertz CT molecular complexity index is 730. The van der Waals surface area contributed by atoms with E-state index in [-0.39, 0.29) is 29.3 Å². The third-order valence-electron chi connectivity index (χ3n) is 6.82. The smallest absolute Gasteiger partial charge is 0.321 e. The molecule has 4 fully saturated rings.